The van der Waals surface area contributed by atoms with E-state index in [4.69, 9.17) is 19.6 Å². The quantitative estimate of drug-likeness (QED) is 0.449. The van der Waals surface area contributed by atoms with Gasteiger partial charge in [0.1, 0.15) is 17.3 Å². The zero-order valence-corrected chi connectivity index (χ0v) is 17.3. The molecule has 0 radical (unpaired) electrons. The van der Waals surface area contributed by atoms with Crippen LogP contribution in [0.2, 0.25) is 0 Å². The van der Waals surface area contributed by atoms with Crippen molar-refractivity contribution in [1.29, 1.82) is 0 Å². The molecular formula is C21H32N4O3. The van der Waals surface area contributed by atoms with Crippen LogP contribution in [0.4, 0.5) is 5.69 Å². The van der Waals surface area contributed by atoms with Crippen LogP contribution in [0.5, 0.6) is 11.5 Å². The summed E-state index contributed by atoms with van der Waals surface area (Å²) in [5.74, 6) is 2.65. The maximum absolute atomic E-state index is 6.17. The number of nitrogens with one attached hydrogen (secondary N) is 1. The van der Waals surface area contributed by atoms with Gasteiger partial charge in [-0.25, -0.2) is 0 Å². The Labute approximate surface area is 167 Å². The summed E-state index contributed by atoms with van der Waals surface area (Å²) in [5, 5.41) is 3.14. The van der Waals surface area contributed by atoms with E-state index < -0.39 is 0 Å². The summed E-state index contributed by atoms with van der Waals surface area (Å²) in [7, 11) is 0. The Morgan fingerprint density at radius 3 is 2.50 bits per heavy atom. The molecule has 0 spiro atoms. The van der Waals surface area contributed by atoms with E-state index in [-0.39, 0.29) is 6.04 Å². The molecule has 2 rings (SSSR count). The number of guanidine groups is 1. The molecule has 3 N–H and O–H groups in total. The van der Waals surface area contributed by atoms with E-state index in [0.29, 0.717) is 31.5 Å². The zero-order valence-electron chi connectivity index (χ0n) is 17.3. The number of ether oxygens (including phenoxy) is 2. The van der Waals surface area contributed by atoms with Gasteiger partial charge in [-0.05, 0) is 51.2 Å². The van der Waals surface area contributed by atoms with Gasteiger partial charge in [0.15, 0.2) is 5.96 Å². The molecule has 0 aliphatic heterocycles. The fourth-order valence-corrected chi connectivity index (χ4v) is 3.04. The van der Waals surface area contributed by atoms with Crippen molar-refractivity contribution in [2.24, 2.45) is 10.7 Å². The number of hydrogen-bond acceptors (Lipinski definition) is 5. The fourth-order valence-electron chi connectivity index (χ4n) is 3.04. The van der Waals surface area contributed by atoms with Crippen molar-refractivity contribution in [3.05, 3.63) is 42.4 Å². The summed E-state index contributed by atoms with van der Waals surface area (Å²) >= 11 is 0. The van der Waals surface area contributed by atoms with Crippen molar-refractivity contribution >= 4 is 11.6 Å². The van der Waals surface area contributed by atoms with E-state index in [2.05, 4.69) is 29.1 Å². The average molecular weight is 389 g/mol. The van der Waals surface area contributed by atoms with Crippen LogP contribution in [0.1, 0.15) is 39.5 Å². The summed E-state index contributed by atoms with van der Waals surface area (Å²) in [6.07, 6.45) is 1.69. The first-order valence-corrected chi connectivity index (χ1v) is 9.86. The zero-order chi connectivity index (χ0) is 20.4. The lowest BCUT2D eigenvalue weighted by Crippen LogP contribution is -2.32. The van der Waals surface area contributed by atoms with Crippen LogP contribution in [0.25, 0.3) is 0 Å². The fraction of sp³-hybridized carbons (Fsp3) is 0.476. The number of furan rings is 1. The predicted molar refractivity (Wildman–Crippen MR) is 113 cm³/mol. The number of benzene rings is 1. The molecule has 1 atom stereocenters. The minimum absolute atomic E-state index is 0.0338. The second-order valence-corrected chi connectivity index (χ2v) is 6.13. The molecule has 2 aromatic rings. The highest BCUT2D eigenvalue weighted by atomic mass is 16.5. The lowest BCUT2D eigenvalue weighted by atomic mass is 10.2. The Hall–Kier alpha value is -2.67. The molecule has 0 bridgehead atoms. The Bertz CT molecular complexity index is 727. The Morgan fingerprint density at radius 1 is 1.14 bits per heavy atom. The molecule has 0 amide bonds. The summed E-state index contributed by atoms with van der Waals surface area (Å²) in [6.45, 7) is 11.6. The molecule has 0 saturated carbocycles. The molecule has 0 aliphatic rings. The van der Waals surface area contributed by atoms with E-state index in [1.807, 2.05) is 44.2 Å². The molecule has 1 unspecified atom stereocenters. The maximum Gasteiger partial charge on any atom is 0.193 e. The van der Waals surface area contributed by atoms with Gasteiger partial charge in [-0.15, -0.1) is 0 Å². The maximum atomic E-state index is 6.17. The largest absolute Gasteiger partial charge is 0.494 e. The van der Waals surface area contributed by atoms with Crippen LogP contribution >= 0.6 is 0 Å². The highest BCUT2D eigenvalue weighted by Crippen LogP contribution is 2.29. The van der Waals surface area contributed by atoms with Gasteiger partial charge in [0, 0.05) is 6.07 Å². The van der Waals surface area contributed by atoms with Gasteiger partial charge in [0.25, 0.3) is 0 Å². The van der Waals surface area contributed by atoms with Crippen molar-refractivity contribution in [3.8, 4) is 11.5 Å². The van der Waals surface area contributed by atoms with E-state index >= 15 is 0 Å². The molecule has 7 heteroatoms. The minimum Gasteiger partial charge on any atom is -0.494 e. The van der Waals surface area contributed by atoms with Gasteiger partial charge in [-0.1, -0.05) is 13.8 Å². The van der Waals surface area contributed by atoms with Gasteiger partial charge < -0.3 is 24.9 Å². The van der Waals surface area contributed by atoms with Crippen LogP contribution in [-0.2, 0) is 0 Å². The smallest absolute Gasteiger partial charge is 0.193 e. The van der Waals surface area contributed by atoms with Crippen LogP contribution in [0, 0.1) is 0 Å². The highest BCUT2D eigenvalue weighted by molar-refractivity contribution is 5.94. The summed E-state index contributed by atoms with van der Waals surface area (Å²) in [5.41, 5.74) is 6.90. The van der Waals surface area contributed by atoms with E-state index in [1.54, 1.807) is 6.26 Å². The first-order chi connectivity index (χ1) is 13.6. The second kappa shape index (κ2) is 11.2. The number of anilines is 1. The predicted octanol–water partition coefficient (Wildman–Crippen LogP) is 3.89. The molecule has 0 aliphatic carbocycles. The first-order valence-electron chi connectivity index (χ1n) is 9.86. The SMILES string of the molecule is CCOc1ccc(OCC)c(NC(N)=NCC(c2ccco2)N(CC)CC)c1. The second-order valence-electron chi connectivity index (χ2n) is 6.13. The number of nitrogens with two attached hydrogens (primary N) is 1. The van der Waals surface area contributed by atoms with E-state index in [9.17, 15) is 0 Å². The molecule has 154 valence electrons. The van der Waals surface area contributed by atoms with Crippen molar-refractivity contribution in [3.63, 3.8) is 0 Å². The lowest BCUT2D eigenvalue weighted by Gasteiger charge is -2.26. The molecule has 7 nitrogen and oxygen atoms in total. The van der Waals surface area contributed by atoms with Crippen molar-refractivity contribution in [2.45, 2.75) is 33.7 Å². The number of hydrogen-bond donors (Lipinski definition) is 2. The minimum atomic E-state index is 0.0338. The molecule has 1 aromatic heterocycles. The molecule has 0 fully saturated rings. The molecular weight excluding hydrogens is 356 g/mol. The van der Waals surface area contributed by atoms with Gasteiger partial charge >= 0.3 is 0 Å². The molecule has 28 heavy (non-hydrogen) atoms. The van der Waals surface area contributed by atoms with Gasteiger partial charge in [0.2, 0.25) is 0 Å². The lowest BCUT2D eigenvalue weighted by molar-refractivity contribution is 0.198. The van der Waals surface area contributed by atoms with Crippen LogP contribution in [-0.4, -0.2) is 43.7 Å². The van der Waals surface area contributed by atoms with E-state index in [0.717, 1.165) is 30.3 Å². The highest BCUT2D eigenvalue weighted by Gasteiger charge is 2.20. The van der Waals surface area contributed by atoms with E-state index in [1.165, 1.54) is 0 Å². The molecule has 1 heterocycles. The standard InChI is InChI=1S/C21H32N4O3/c1-5-25(6-2)18(20-10-9-13-28-20)15-23-21(22)24-17-14-16(26-7-3)11-12-19(17)27-8-4/h9-14,18H,5-8,15H2,1-4H3,(H3,22,23,24). The van der Waals surface area contributed by atoms with Gasteiger partial charge in [-0.3, -0.25) is 9.89 Å². The number of nitrogens with zero attached hydrogens (tertiary/aromatic N) is 2. The number of rotatable bonds is 11. The summed E-state index contributed by atoms with van der Waals surface area (Å²) < 4.78 is 16.9. The van der Waals surface area contributed by atoms with Gasteiger partial charge in [-0.2, -0.15) is 0 Å². The molecule has 1 aromatic carbocycles. The van der Waals surface area contributed by atoms with Crippen molar-refractivity contribution in [1.82, 2.24) is 4.90 Å². The summed E-state index contributed by atoms with van der Waals surface area (Å²) in [6, 6.07) is 9.51. The van der Waals surface area contributed by atoms with Crippen LogP contribution in [0.3, 0.4) is 0 Å². The first kappa shape index (κ1) is 21.6. The van der Waals surface area contributed by atoms with Crippen molar-refractivity contribution in [2.75, 3.05) is 38.2 Å². The van der Waals surface area contributed by atoms with Crippen molar-refractivity contribution < 1.29 is 13.9 Å². The van der Waals surface area contributed by atoms with Crippen LogP contribution < -0.4 is 20.5 Å². The third kappa shape index (κ3) is 5.92. The average Bonchev–Trinajstić information content (AvgIpc) is 3.22. The summed E-state index contributed by atoms with van der Waals surface area (Å²) in [4.78, 5) is 6.84. The van der Waals surface area contributed by atoms with Gasteiger partial charge in [0.05, 0.1) is 37.8 Å². The topological polar surface area (TPSA) is 85.2 Å². The third-order valence-corrected chi connectivity index (χ3v) is 4.38. The number of likely N-dealkylation sites (N-methyl/N-ethyl adjacent to an activating group) is 1. The molecule has 0 saturated heterocycles. The normalized spacial score (nSPS) is 12.8. The Kier molecular flexibility index (Phi) is 8.68. The Balaban J connectivity index is 2.16. The Morgan fingerprint density at radius 2 is 1.89 bits per heavy atom. The van der Waals surface area contributed by atoms with Crippen LogP contribution in [0.15, 0.2) is 46.0 Å². The third-order valence-electron chi connectivity index (χ3n) is 4.38. The number of aliphatic imine (C=N–C) groups is 1. The monoisotopic (exact) mass is 388 g/mol.